The average Bonchev–Trinajstić information content (AvgIpc) is 2.25. The van der Waals surface area contributed by atoms with Gasteiger partial charge in [0.25, 0.3) is 5.56 Å². The lowest BCUT2D eigenvalue weighted by Crippen LogP contribution is -2.51. The summed E-state index contributed by atoms with van der Waals surface area (Å²) in [4.78, 5) is 33.6. The molecule has 2 aromatic rings. The van der Waals surface area contributed by atoms with Gasteiger partial charge in [0.2, 0.25) is 0 Å². The summed E-state index contributed by atoms with van der Waals surface area (Å²) in [6, 6.07) is 0. The van der Waals surface area contributed by atoms with Crippen LogP contribution in [-0.2, 0) is 11.1 Å². The van der Waals surface area contributed by atoms with Crippen molar-refractivity contribution in [3.8, 4) is 0 Å². The fourth-order valence-electron chi connectivity index (χ4n) is 2.22. The molecule has 0 saturated heterocycles. The van der Waals surface area contributed by atoms with E-state index >= 15 is 0 Å². The van der Waals surface area contributed by atoms with E-state index in [2.05, 4.69) is 9.97 Å². The van der Waals surface area contributed by atoms with Gasteiger partial charge >= 0.3 is 5.69 Å². The quantitative estimate of drug-likeness (QED) is 0.730. The largest absolute Gasteiger partial charge is 0.333 e. The Bertz CT molecular complexity index is 773. The molecule has 0 radical (unpaired) electrons. The summed E-state index contributed by atoms with van der Waals surface area (Å²) in [7, 11) is 0. The van der Waals surface area contributed by atoms with Gasteiger partial charge in [-0.2, -0.15) is 0 Å². The molecular weight excluding hydrogens is 256 g/mol. The maximum atomic E-state index is 12.8. The van der Waals surface area contributed by atoms with Crippen LogP contribution in [0, 0.1) is 0 Å². The van der Waals surface area contributed by atoms with E-state index in [9.17, 15) is 9.59 Å². The van der Waals surface area contributed by atoms with E-state index in [-0.39, 0.29) is 11.2 Å². The minimum absolute atomic E-state index is 0.219. The molecule has 6 nitrogen and oxygen atoms in total. The van der Waals surface area contributed by atoms with E-state index < -0.39 is 16.6 Å². The van der Waals surface area contributed by atoms with Gasteiger partial charge in [0.1, 0.15) is 0 Å². The van der Waals surface area contributed by atoms with Gasteiger partial charge in [-0.25, -0.2) is 14.8 Å². The molecule has 0 unspecified atom stereocenters. The van der Waals surface area contributed by atoms with Gasteiger partial charge in [-0.1, -0.05) is 0 Å². The van der Waals surface area contributed by atoms with E-state index in [1.165, 1.54) is 21.5 Å². The molecule has 2 heterocycles. The third kappa shape index (κ3) is 2.15. The van der Waals surface area contributed by atoms with Crippen molar-refractivity contribution < 1.29 is 0 Å². The van der Waals surface area contributed by atoms with Crippen molar-refractivity contribution >= 4 is 11.2 Å². The first-order valence-corrected chi connectivity index (χ1v) is 6.55. The summed E-state index contributed by atoms with van der Waals surface area (Å²) >= 11 is 0. The number of hydrogen-bond acceptors (Lipinski definition) is 4. The van der Waals surface area contributed by atoms with Gasteiger partial charge in [-0.3, -0.25) is 13.9 Å². The van der Waals surface area contributed by atoms with Crippen LogP contribution in [-0.4, -0.2) is 19.1 Å². The minimum Gasteiger partial charge on any atom is -0.271 e. The van der Waals surface area contributed by atoms with Gasteiger partial charge in [-0.05, 0) is 41.5 Å². The Morgan fingerprint density at radius 3 is 1.85 bits per heavy atom. The summed E-state index contributed by atoms with van der Waals surface area (Å²) in [5, 5.41) is 0. The molecule has 2 rings (SSSR count). The molecule has 0 saturated carbocycles. The number of fused-ring (bicyclic) bond motifs is 1. The van der Waals surface area contributed by atoms with E-state index in [1.54, 1.807) is 0 Å². The number of hydrogen-bond donors (Lipinski definition) is 0. The van der Waals surface area contributed by atoms with Crippen LogP contribution in [0.4, 0.5) is 0 Å². The highest BCUT2D eigenvalue weighted by molar-refractivity contribution is 5.68. The maximum absolute atomic E-state index is 12.8. The van der Waals surface area contributed by atoms with Gasteiger partial charge in [0.15, 0.2) is 11.2 Å². The monoisotopic (exact) mass is 276 g/mol. The smallest absolute Gasteiger partial charge is 0.271 e. The molecule has 0 aliphatic heterocycles. The van der Waals surface area contributed by atoms with Crippen molar-refractivity contribution in [1.82, 2.24) is 19.1 Å². The highest BCUT2D eigenvalue weighted by Gasteiger charge is 2.27. The topological polar surface area (TPSA) is 69.8 Å². The normalized spacial score (nSPS) is 12.9. The second-order valence-corrected chi connectivity index (χ2v) is 6.83. The summed E-state index contributed by atoms with van der Waals surface area (Å²) < 4.78 is 2.78. The zero-order valence-electron chi connectivity index (χ0n) is 12.8. The van der Waals surface area contributed by atoms with Gasteiger partial charge in [0.05, 0.1) is 0 Å². The molecular formula is C14H20N4O2. The lowest BCUT2D eigenvalue weighted by Gasteiger charge is -2.28. The Morgan fingerprint density at radius 2 is 1.35 bits per heavy atom. The zero-order chi connectivity index (χ0) is 15.3. The van der Waals surface area contributed by atoms with Gasteiger partial charge < -0.3 is 0 Å². The molecule has 6 heteroatoms. The van der Waals surface area contributed by atoms with E-state index in [4.69, 9.17) is 0 Å². The Hall–Kier alpha value is -1.98. The third-order valence-corrected chi connectivity index (χ3v) is 3.02. The SMILES string of the molecule is CC(C)(C)n1c(=O)c2nccnc2n(C(C)(C)C)c1=O. The molecule has 0 aromatic carbocycles. The fraction of sp³-hybridized carbons (Fsp3) is 0.571. The molecule has 0 atom stereocenters. The standard InChI is InChI=1S/C14H20N4O2/c1-13(2,3)17-10-9(15-7-8-16-10)11(19)18(12(17)20)14(4,5)6/h7-8H,1-6H3. The number of aromatic nitrogens is 4. The summed E-state index contributed by atoms with van der Waals surface area (Å²) in [6.07, 6.45) is 2.96. The molecule has 0 fully saturated rings. The van der Waals surface area contributed by atoms with Crippen molar-refractivity contribution in [3.05, 3.63) is 33.2 Å². The van der Waals surface area contributed by atoms with Crippen molar-refractivity contribution in [3.63, 3.8) is 0 Å². The lowest BCUT2D eigenvalue weighted by atomic mass is 10.1. The zero-order valence-corrected chi connectivity index (χ0v) is 12.8. The molecule has 0 N–H and O–H groups in total. The van der Waals surface area contributed by atoms with Crippen LogP contribution in [0.5, 0.6) is 0 Å². The highest BCUT2D eigenvalue weighted by Crippen LogP contribution is 2.17. The van der Waals surface area contributed by atoms with E-state index in [1.807, 2.05) is 41.5 Å². The first kappa shape index (κ1) is 14.4. The molecule has 0 aliphatic rings. The summed E-state index contributed by atoms with van der Waals surface area (Å²) in [5.74, 6) is 0. The third-order valence-electron chi connectivity index (χ3n) is 3.02. The van der Waals surface area contributed by atoms with Crippen LogP contribution in [0.15, 0.2) is 22.0 Å². The van der Waals surface area contributed by atoms with Crippen LogP contribution in [0.1, 0.15) is 41.5 Å². The number of nitrogens with zero attached hydrogens (tertiary/aromatic N) is 4. The van der Waals surface area contributed by atoms with E-state index in [0.717, 1.165) is 0 Å². The number of rotatable bonds is 0. The molecule has 0 bridgehead atoms. The average molecular weight is 276 g/mol. The Kier molecular flexibility index (Phi) is 3.07. The first-order valence-electron chi connectivity index (χ1n) is 6.55. The molecule has 0 amide bonds. The van der Waals surface area contributed by atoms with Gasteiger partial charge in [-0.15, -0.1) is 0 Å². The lowest BCUT2D eigenvalue weighted by molar-refractivity contribution is 0.319. The van der Waals surface area contributed by atoms with Crippen molar-refractivity contribution in [2.45, 2.75) is 52.6 Å². The van der Waals surface area contributed by atoms with Crippen LogP contribution >= 0.6 is 0 Å². The Morgan fingerprint density at radius 1 is 0.850 bits per heavy atom. The second-order valence-electron chi connectivity index (χ2n) is 6.83. The second kappa shape index (κ2) is 4.26. The predicted molar refractivity (Wildman–Crippen MR) is 78.1 cm³/mol. The molecule has 0 spiro atoms. The highest BCUT2D eigenvalue weighted by atomic mass is 16.2. The van der Waals surface area contributed by atoms with Crippen molar-refractivity contribution in [2.24, 2.45) is 0 Å². The first-order chi connectivity index (χ1) is 9.05. The predicted octanol–water partition coefficient (Wildman–Crippen LogP) is 1.46. The molecule has 20 heavy (non-hydrogen) atoms. The van der Waals surface area contributed by atoms with Crippen molar-refractivity contribution in [1.29, 1.82) is 0 Å². The van der Waals surface area contributed by atoms with Crippen LogP contribution < -0.4 is 11.2 Å². The van der Waals surface area contributed by atoms with E-state index in [0.29, 0.717) is 5.65 Å². The summed E-state index contributed by atoms with van der Waals surface area (Å²) in [6.45, 7) is 11.2. The van der Waals surface area contributed by atoms with Crippen LogP contribution in [0.3, 0.4) is 0 Å². The Labute approximate surface area is 117 Å². The minimum atomic E-state index is -0.618. The van der Waals surface area contributed by atoms with Crippen LogP contribution in [0.2, 0.25) is 0 Å². The van der Waals surface area contributed by atoms with Gasteiger partial charge in [0, 0.05) is 23.5 Å². The maximum Gasteiger partial charge on any atom is 0.333 e. The molecule has 0 aliphatic carbocycles. The molecule has 2 aromatic heterocycles. The van der Waals surface area contributed by atoms with Crippen LogP contribution in [0.25, 0.3) is 11.2 Å². The Balaban J connectivity index is 3.14. The summed E-state index contributed by atoms with van der Waals surface area (Å²) in [5.41, 5.74) is -1.32. The van der Waals surface area contributed by atoms with Crippen molar-refractivity contribution in [2.75, 3.05) is 0 Å². The fourth-order valence-corrected chi connectivity index (χ4v) is 2.22. The molecule has 108 valence electrons.